The molecule has 1 atom stereocenters. The molecular weight excluding hydrogens is 491 g/mol. The molecule has 0 spiro atoms. The molecule has 2 fully saturated rings. The third kappa shape index (κ3) is 7.15. The summed E-state index contributed by atoms with van der Waals surface area (Å²) in [6, 6.07) is 6.08. The van der Waals surface area contributed by atoms with Crippen LogP contribution in [0.2, 0.25) is 5.02 Å². The maximum atomic E-state index is 6.18. The highest BCUT2D eigenvalue weighted by Crippen LogP contribution is 2.33. The molecule has 1 heterocycles. The van der Waals surface area contributed by atoms with E-state index in [0.29, 0.717) is 19.2 Å². The van der Waals surface area contributed by atoms with Gasteiger partial charge in [-0.15, -0.1) is 24.0 Å². The topological polar surface area (TPSA) is 58.1 Å². The Morgan fingerprint density at radius 3 is 2.86 bits per heavy atom. The number of ether oxygens (including phenoxy) is 2. The Balaban J connectivity index is 0.00000280. The van der Waals surface area contributed by atoms with Crippen molar-refractivity contribution in [2.75, 3.05) is 51.4 Å². The van der Waals surface area contributed by atoms with Gasteiger partial charge in [0.1, 0.15) is 5.75 Å². The number of guanidine groups is 1. The Hall–Kier alpha value is -0.930. The summed E-state index contributed by atoms with van der Waals surface area (Å²) in [4.78, 5) is 6.96. The molecule has 1 saturated carbocycles. The quantitative estimate of drug-likeness (QED) is 0.225. The Morgan fingerprint density at radius 1 is 1.32 bits per heavy atom. The second-order valence-corrected chi connectivity index (χ2v) is 7.61. The van der Waals surface area contributed by atoms with E-state index in [1.165, 1.54) is 12.8 Å². The van der Waals surface area contributed by atoms with Crippen molar-refractivity contribution >= 4 is 47.2 Å². The van der Waals surface area contributed by atoms with E-state index in [1.54, 1.807) is 7.11 Å². The summed E-state index contributed by atoms with van der Waals surface area (Å²) in [7, 11) is 1.69. The molecule has 0 amide bonds. The lowest BCUT2D eigenvalue weighted by atomic mass is 10.2. The zero-order valence-corrected chi connectivity index (χ0v) is 19.8. The lowest BCUT2D eigenvalue weighted by molar-refractivity contribution is 0.131. The van der Waals surface area contributed by atoms with Crippen LogP contribution >= 0.6 is 35.6 Å². The first-order valence-corrected chi connectivity index (χ1v) is 10.3. The molecule has 2 aliphatic rings. The number of methoxy groups -OCH3 is 1. The van der Waals surface area contributed by atoms with Crippen LogP contribution in [0.1, 0.15) is 26.2 Å². The fraction of sp³-hybridized carbons (Fsp3) is 0.650. The van der Waals surface area contributed by atoms with E-state index in [-0.39, 0.29) is 24.0 Å². The number of nitrogens with one attached hydrogen (secondary N) is 2. The van der Waals surface area contributed by atoms with Gasteiger partial charge in [-0.05, 0) is 50.3 Å². The minimum absolute atomic E-state index is 0. The van der Waals surface area contributed by atoms with E-state index in [2.05, 4.69) is 27.4 Å². The predicted molar refractivity (Wildman–Crippen MR) is 127 cm³/mol. The number of benzene rings is 1. The Kier molecular flexibility index (Phi) is 9.94. The first kappa shape index (κ1) is 23.3. The van der Waals surface area contributed by atoms with Gasteiger partial charge in [-0.1, -0.05) is 11.6 Å². The molecule has 1 aliphatic heterocycles. The van der Waals surface area contributed by atoms with E-state index in [9.17, 15) is 0 Å². The van der Waals surface area contributed by atoms with Crippen LogP contribution in [0.5, 0.6) is 5.75 Å². The Bertz CT molecular complexity index is 643. The van der Waals surface area contributed by atoms with Gasteiger partial charge in [0, 0.05) is 37.3 Å². The minimum atomic E-state index is 0. The number of hydrogen-bond acceptors (Lipinski definition) is 4. The summed E-state index contributed by atoms with van der Waals surface area (Å²) >= 11 is 6.18. The van der Waals surface area contributed by atoms with Crippen molar-refractivity contribution in [1.29, 1.82) is 0 Å². The van der Waals surface area contributed by atoms with E-state index >= 15 is 0 Å². The lowest BCUT2D eigenvalue weighted by Crippen LogP contribution is -2.44. The van der Waals surface area contributed by atoms with Crippen LogP contribution in [0.15, 0.2) is 23.2 Å². The summed E-state index contributed by atoms with van der Waals surface area (Å²) in [6.45, 7) is 7.02. The van der Waals surface area contributed by atoms with Crippen LogP contribution in [0.25, 0.3) is 0 Å². The summed E-state index contributed by atoms with van der Waals surface area (Å²) in [6.07, 6.45) is 3.68. The SMILES string of the molecule is CCNC(=NCCOCC1CC1)NC1CCN(c2cc(Cl)ccc2OC)C1.I. The molecule has 28 heavy (non-hydrogen) atoms. The van der Waals surface area contributed by atoms with Crippen LogP contribution in [-0.2, 0) is 4.74 Å². The van der Waals surface area contributed by atoms with Crippen LogP contribution in [-0.4, -0.2) is 58.5 Å². The molecule has 0 aromatic heterocycles. The summed E-state index contributed by atoms with van der Waals surface area (Å²) < 4.78 is 11.2. The zero-order valence-electron chi connectivity index (χ0n) is 16.7. The van der Waals surface area contributed by atoms with Crippen molar-refractivity contribution in [1.82, 2.24) is 10.6 Å². The van der Waals surface area contributed by atoms with Crippen LogP contribution < -0.4 is 20.3 Å². The highest BCUT2D eigenvalue weighted by molar-refractivity contribution is 14.0. The molecule has 3 rings (SSSR count). The Labute approximate surface area is 190 Å². The Morgan fingerprint density at radius 2 is 2.14 bits per heavy atom. The standard InChI is InChI=1S/C20H31ClN4O2.HI/c1-3-22-20(23-9-11-27-14-15-4-5-15)24-17-8-10-25(13-17)18-12-16(21)6-7-19(18)26-2;/h6-7,12,15,17H,3-5,8-11,13-14H2,1-2H3,(H2,22,23,24);1H. The first-order chi connectivity index (χ1) is 13.2. The van der Waals surface area contributed by atoms with Gasteiger partial charge in [0.2, 0.25) is 0 Å². The highest BCUT2D eigenvalue weighted by atomic mass is 127. The van der Waals surface area contributed by atoms with Crippen molar-refractivity contribution in [3.63, 3.8) is 0 Å². The molecule has 158 valence electrons. The van der Waals surface area contributed by atoms with E-state index in [1.807, 2.05) is 18.2 Å². The summed E-state index contributed by atoms with van der Waals surface area (Å²) in [5, 5.41) is 7.60. The molecule has 1 aromatic rings. The van der Waals surface area contributed by atoms with Crippen LogP contribution in [0, 0.1) is 5.92 Å². The lowest BCUT2D eigenvalue weighted by Gasteiger charge is -2.22. The van der Waals surface area contributed by atoms with Crippen LogP contribution in [0.4, 0.5) is 5.69 Å². The van der Waals surface area contributed by atoms with Crippen LogP contribution in [0.3, 0.4) is 0 Å². The summed E-state index contributed by atoms with van der Waals surface area (Å²) in [5.74, 6) is 2.51. The number of anilines is 1. The number of rotatable bonds is 9. The van der Waals surface area contributed by atoms with Gasteiger partial charge in [-0.25, -0.2) is 0 Å². The van der Waals surface area contributed by atoms with Gasteiger partial charge >= 0.3 is 0 Å². The van der Waals surface area contributed by atoms with E-state index in [4.69, 9.17) is 21.1 Å². The molecule has 1 saturated heterocycles. The first-order valence-electron chi connectivity index (χ1n) is 9.90. The normalized spacial score (nSPS) is 19.3. The second-order valence-electron chi connectivity index (χ2n) is 7.17. The fourth-order valence-corrected chi connectivity index (χ4v) is 3.44. The van der Waals surface area contributed by atoms with Crippen molar-refractivity contribution in [2.45, 2.75) is 32.2 Å². The highest BCUT2D eigenvalue weighted by Gasteiger charge is 2.25. The molecule has 0 bridgehead atoms. The molecule has 8 heteroatoms. The van der Waals surface area contributed by atoms with Gasteiger partial charge in [0.15, 0.2) is 5.96 Å². The second kappa shape index (κ2) is 11.9. The largest absolute Gasteiger partial charge is 0.495 e. The third-order valence-electron chi connectivity index (χ3n) is 4.91. The molecule has 1 aromatic carbocycles. The van der Waals surface area contributed by atoms with Gasteiger partial charge in [-0.3, -0.25) is 4.99 Å². The van der Waals surface area contributed by atoms with E-state index < -0.39 is 0 Å². The molecule has 0 radical (unpaired) electrons. The van der Waals surface area contributed by atoms with Gasteiger partial charge < -0.3 is 25.0 Å². The smallest absolute Gasteiger partial charge is 0.191 e. The van der Waals surface area contributed by atoms with Crippen molar-refractivity contribution in [3.05, 3.63) is 23.2 Å². The minimum Gasteiger partial charge on any atom is -0.495 e. The molecular formula is C20H32ClIN4O2. The third-order valence-corrected chi connectivity index (χ3v) is 5.15. The monoisotopic (exact) mass is 522 g/mol. The average Bonchev–Trinajstić information content (AvgIpc) is 3.38. The van der Waals surface area contributed by atoms with Gasteiger partial charge in [-0.2, -0.15) is 0 Å². The average molecular weight is 523 g/mol. The molecule has 6 nitrogen and oxygen atoms in total. The number of hydrogen-bond donors (Lipinski definition) is 2. The maximum Gasteiger partial charge on any atom is 0.191 e. The van der Waals surface area contributed by atoms with Crippen molar-refractivity contribution < 1.29 is 9.47 Å². The van der Waals surface area contributed by atoms with Gasteiger partial charge in [0.25, 0.3) is 0 Å². The molecule has 1 aliphatic carbocycles. The summed E-state index contributed by atoms with van der Waals surface area (Å²) in [5.41, 5.74) is 1.05. The van der Waals surface area contributed by atoms with Gasteiger partial charge in [0.05, 0.1) is 25.9 Å². The maximum absolute atomic E-state index is 6.18. The van der Waals surface area contributed by atoms with E-state index in [0.717, 1.165) is 61.0 Å². The number of aliphatic imine (C=N–C) groups is 1. The molecule has 1 unspecified atom stereocenters. The predicted octanol–water partition coefficient (Wildman–Crippen LogP) is 3.53. The van der Waals surface area contributed by atoms with Crippen molar-refractivity contribution in [3.8, 4) is 5.75 Å². The number of nitrogens with zero attached hydrogens (tertiary/aromatic N) is 2. The zero-order chi connectivity index (χ0) is 19.1. The number of halogens is 2. The van der Waals surface area contributed by atoms with Crippen molar-refractivity contribution in [2.24, 2.45) is 10.9 Å². The molecule has 2 N–H and O–H groups in total. The fourth-order valence-electron chi connectivity index (χ4n) is 3.28.